The van der Waals surface area contributed by atoms with E-state index < -0.39 is 49.0 Å². The summed E-state index contributed by atoms with van der Waals surface area (Å²) < 4.78 is 28.4. The molecule has 0 aliphatic rings. The lowest BCUT2D eigenvalue weighted by Gasteiger charge is -2.40. The highest BCUT2D eigenvalue weighted by atomic mass is 28.5. The number of hydrogen-bond acceptors (Lipinski definition) is 9. The summed E-state index contributed by atoms with van der Waals surface area (Å²) in [5.41, 5.74) is 0. The molecule has 0 bridgehead atoms. The normalized spacial score (nSPS) is 14.3. The smallest absolute Gasteiger partial charge is 0.463 e. The molecular formula is C12H32O9Si5. The zero-order valence-corrected chi connectivity index (χ0v) is 21.8. The van der Waals surface area contributed by atoms with Crippen molar-refractivity contribution in [3.8, 4) is 0 Å². The van der Waals surface area contributed by atoms with Crippen molar-refractivity contribution >= 4 is 49.0 Å². The molecule has 0 rings (SSSR count). The van der Waals surface area contributed by atoms with Crippen LogP contribution in [0.3, 0.4) is 0 Å². The molecule has 0 aromatic carbocycles. The van der Waals surface area contributed by atoms with E-state index in [9.17, 15) is 4.79 Å². The van der Waals surface area contributed by atoms with Gasteiger partial charge >= 0.3 is 40.7 Å². The van der Waals surface area contributed by atoms with Gasteiger partial charge in [0.05, 0.1) is 0 Å². The van der Waals surface area contributed by atoms with E-state index in [4.69, 9.17) is 35.6 Å². The van der Waals surface area contributed by atoms with Crippen molar-refractivity contribution in [2.75, 3.05) is 6.23 Å². The fraction of sp³-hybridized carbons (Fsp3) is 0.750. The summed E-state index contributed by atoms with van der Waals surface area (Å²) >= 11 is 0. The van der Waals surface area contributed by atoms with Crippen molar-refractivity contribution in [3.63, 3.8) is 0 Å². The minimum Gasteiger partial charge on any atom is -0.463 e. The lowest BCUT2D eigenvalue weighted by atomic mass is 10.7. The molecule has 154 valence electrons. The summed E-state index contributed by atoms with van der Waals surface area (Å²) in [6.45, 7) is 17.7. The van der Waals surface area contributed by atoms with Gasteiger partial charge in [0.15, 0.2) is 0 Å². The Morgan fingerprint density at radius 2 is 1.19 bits per heavy atom. The van der Waals surface area contributed by atoms with E-state index in [1.165, 1.54) is 0 Å². The van der Waals surface area contributed by atoms with Crippen molar-refractivity contribution in [2.24, 2.45) is 0 Å². The van der Waals surface area contributed by atoms with Gasteiger partial charge in [-0.3, -0.25) is 0 Å². The van der Waals surface area contributed by atoms with E-state index in [2.05, 4.69) is 6.58 Å². The van der Waals surface area contributed by atoms with Crippen molar-refractivity contribution < 1.29 is 40.4 Å². The number of hydrogen-bond donors (Lipinski definition) is 3. The van der Waals surface area contributed by atoms with Gasteiger partial charge in [-0.2, -0.15) is 0 Å². The van der Waals surface area contributed by atoms with Gasteiger partial charge in [-0.25, -0.2) is 4.79 Å². The summed E-state index contributed by atoms with van der Waals surface area (Å²) in [7, 11) is -15.4. The highest BCUT2D eigenvalue weighted by Crippen LogP contribution is 2.25. The molecule has 0 aliphatic carbocycles. The van der Waals surface area contributed by atoms with Crippen LogP contribution in [0.1, 0.15) is 0 Å². The first-order chi connectivity index (χ1) is 11.3. The van der Waals surface area contributed by atoms with E-state index in [0.717, 1.165) is 6.08 Å². The fourth-order valence-corrected chi connectivity index (χ4v) is 22.4. The Kier molecular flexibility index (Phi) is 9.01. The Morgan fingerprint density at radius 1 is 0.808 bits per heavy atom. The third-order valence-corrected chi connectivity index (χ3v) is 18.6. The quantitative estimate of drug-likeness (QED) is 0.236. The van der Waals surface area contributed by atoms with Crippen molar-refractivity contribution in [3.05, 3.63) is 12.7 Å². The molecule has 0 radical (unpaired) electrons. The summed E-state index contributed by atoms with van der Waals surface area (Å²) in [6, 6.07) is 0. The first-order valence-corrected chi connectivity index (χ1v) is 21.4. The molecule has 0 saturated carbocycles. The zero-order valence-electron chi connectivity index (χ0n) is 16.8. The van der Waals surface area contributed by atoms with Gasteiger partial charge in [0.2, 0.25) is 8.32 Å². The molecule has 0 saturated heterocycles. The SMILES string of the molecule is C=CC(=O)OC[Si](C)(C)O[Si](C)(C)O[Si](C)(C)O[Si](C)(C)O[Si](O)(O)O. The van der Waals surface area contributed by atoms with E-state index in [1.807, 2.05) is 26.2 Å². The highest BCUT2D eigenvalue weighted by Gasteiger charge is 2.48. The van der Waals surface area contributed by atoms with Gasteiger partial charge in [0.25, 0.3) is 0 Å². The molecule has 0 fully saturated rings. The van der Waals surface area contributed by atoms with Gasteiger partial charge in [-0.05, 0) is 52.4 Å². The molecule has 9 nitrogen and oxygen atoms in total. The highest BCUT2D eigenvalue weighted by molar-refractivity contribution is 6.89. The molecule has 0 aromatic rings. The second kappa shape index (κ2) is 9.01. The van der Waals surface area contributed by atoms with Crippen LogP contribution < -0.4 is 0 Å². The molecule has 0 atom stereocenters. The van der Waals surface area contributed by atoms with Gasteiger partial charge in [0, 0.05) is 6.08 Å². The number of ether oxygens (including phenoxy) is 1. The first kappa shape index (κ1) is 26.0. The van der Waals surface area contributed by atoms with Crippen LogP contribution in [0, 0.1) is 0 Å². The van der Waals surface area contributed by atoms with Crippen LogP contribution in [0.4, 0.5) is 0 Å². The lowest BCUT2D eigenvalue weighted by molar-refractivity contribution is -0.136. The number of carbonyl (C=O) groups is 1. The lowest BCUT2D eigenvalue weighted by Crippen LogP contribution is -2.60. The largest absolute Gasteiger partial charge is 0.662 e. The van der Waals surface area contributed by atoms with Crippen molar-refractivity contribution in [1.29, 1.82) is 0 Å². The minimum absolute atomic E-state index is 0.178. The summed E-state index contributed by atoms with van der Waals surface area (Å²) in [6.07, 6.45) is 1.28. The van der Waals surface area contributed by atoms with E-state index >= 15 is 0 Å². The van der Waals surface area contributed by atoms with Crippen molar-refractivity contribution in [1.82, 2.24) is 0 Å². The maximum absolute atomic E-state index is 11.2. The predicted octanol–water partition coefficient (Wildman–Crippen LogP) is 1.04. The molecule has 26 heavy (non-hydrogen) atoms. The topological polar surface area (TPSA) is 124 Å². The maximum atomic E-state index is 11.2. The molecule has 0 heterocycles. The number of carbonyl (C=O) groups excluding carboxylic acids is 1. The number of esters is 1. The fourth-order valence-electron chi connectivity index (χ4n) is 2.57. The molecule has 0 aliphatic heterocycles. The predicted molar refractivity (Wildman–Crippen MR) is 108 cm³/mol. The second-order valence-electron chi connectivity index (χ2n) is 7.75. The Hall–Kier alpha value is 0.0144. The third kappa shape index (κ3) is 12.4. The van der Waals surface area contributed by atoms with Crippen LogP contribution in [0.25, 0.3) is 0 Å². The van der Waals surface area contributed by atoms with Crippen molar-refractivity contribution in [2.45, 2.75) is 52.4 Å². The second-order valence-corrected chi connectivity index (χ2v) is 24.4. The van der Waals surface area contributed by atoms with Crippen LogP contribution in [0.2, 0.25) is 52.4 Å². The standard InChI is InChI=1S/C12H32O9Si5/c1-10-12(13)17-11-22(2,3)18-23(4,5)19-24(6,7)20-25(8,9)21-26(14,15)16/h10,14-16H,1,11H2,2-9H3. The van der Waals surface area contributed by atoms with Crippen LogP contribution in [0.5, 0.6) is 0 Å². The van der Waals surface area contributed by atoms with Gasteiger partial charge in [-0.15, -0.1) is 0 Å². The molecule has 0 unspecified atom stereocenters. The molecule has 0 spiro atoms. The van der Waals surface area contributed by atoms with Crippen LogP contribution in [-0.2, 0) is 26.0 Å². The number of rotatable bonds is 11. The Labute approximate surface area is 160 Å². The third-order valence-electron chi connectivity index (χ3n) is 2.62. The minimum atomic E-state index is -4.68. The monoisotopic (exact) mass is 460 g/mol. The van der Waals surface area contributed by atoms with E-state index in [-0.39, 0.29) is 6.23 Å². The van der Waals surface area contributed by atoms with Crippen LogP contribution in [-0.4, -0.2) is 69.6 Å². The van der Waals surface area contributed by atoms with Crippen LogP contribution in [0.15, 0.2) is 12.7 Å². The molecule has 14 heteroatoms. The maximum Gasteiger partial charge on any atom is 0.662 e. The Bertz CT molecular complexity index is 502. The molecule has 3 N–H and O–H groups in total. The Morgan fingerprint density at radius 3 is 1.58 bits per heavy atom. The summed E-state index contributed by atoms with van der Waals surface area (Å²) in [5.74, 6) is -0.498. The zero-order chi connectivity index (χ0) is 21.0. The first-order valence-electron chi connectivity index (χ1n) is 8.05. The van der Waals surface area contributed by atoms with E-state index in [1.54, 1.807) is 26.2 Å². The Balaban J connectivity index is 4.93. The average Bonchev–Trinajstić information content (AvgIpc) is 2.27. The van der Waals surface area contributed by atoms with Crippen LogP contribution >= 0.6 is 0 Å². The van der Waals surface area contributed by atoms with Gasteiger partial charge < -0.3 is 35.6 Å². The molecular weight excluding hydrogens is 429 g/mol. The van der Waals surface area contributed by atoms with Gasteiger partial charge in [0.1, 0.15) is 6.23 Å². The van der Waals surface area contributed by atoms with E-state index in [0.29, 0.717) is 0 Å². The van der Waals surface area contributed by atoms with Gasteiger partial charge in [-0.1, -0.05) is 6.58 Å². The molecule has 0 amide bonds. The summed E-state index contributed by atoms with van der Waals surface area (Å²) in [5, 5.41) is 0. The summed E-state index contributed by atoms with van der Waals surface area (Å²) in [4.78, 5) is 38.7. The average molecular weight is 461 g/mol. The molecule has 0 aromatic heterocycles.